The molecule has 98 valence electrons. The van der Waals surface area contributed by atoms with Crippen LogP contribution in [0.15, 0.2) is 0 Å². The summed E-state index contributed by atoms with van der Waals surface area (Å²) in [6, 6.07) is 1.81. The lowest BCUT2D eigenvalue weighted by Gasteiger charge is -2.37. The van der Waals surface area contributed by atoms with E-state index in [1.807, 2.05) is 0 Å². The first-order chi connectivity index (χ1) is 8.33. The summed E-state index contributed by atoms with van der Waals surface area (Å²) in [5.41, 5.74) is 0. The number of piperidine rings is 1. The number of nitrogens with zero attached hydrogens (tertiary/aromatic N) is 2. The topological polar surface area (TPSA) is 6.48 Å². The van der Waals surface area contributed by atoms with E-state index in [1.165, 1.54) is 71.1 Å². The molecule has 0 aromatic heterocycles. The summed E-state index contributed by atoms with van der Waals surface area (Å²) >= 11 is 0. The van der Waals surface area contributed by atoms with Crippen LogP contribution in [0.2, 0.25) is 0 Å². The van der Waals surface area contributed by atoms with Crippen molar-refractivity contribution in [2.45, 2.75) is 64.0 Å². The van der Waals surface area contributed by atoms with E-state index in [2.05, 4.69) is 16.7 Å². The van der Waals surface area contributed by atoms with Gasteiger partial charge in [-0.2, -0.15) is 0 Å². The van der Waals surface area contributed by atoms with Gasteiger partial charge in [-0.25, -0.2) is 0 Å². The first kappa shape index (κ1) is 12.0. The Morgan fingerprint density at radius 1 is 0.765 bits per heavy atom. The third-order valence-electron chi connectivity index (χ3n) is 5.27. The molecule has 0 radical (unpaired) electrons. The summed E-state index contributed by atoms with van der Waals surface area (Å²) in [5.74, 6) is 0.978. The summed E-state index contributed by atoms with van der Waals surface area (Å²) in [5, 5.41) is 0. The monoisotopic (exact) mass is 236 g/mol. The second kappa shape index (κ2) is 5.27. The molecule has 1 saturated carbocycles. The summed E-state index contributed by atoms with van der Waals surface area (Å²) in [7, 11) is 0. The van der Waals surface area contributed by atoms with Crippen LogP contribution in [0.4, 0.5) is 0 Å². The first-order valence-electron chi connectivity index (χ1n) is 7.81. The van der Waals surface area contributed by atoms with Crippen molar-refractivity contribution in [3.8, 4) is 0 Å². The van der Waals surface area contributed by atoms with Gasteiger partial charge in [0, 0.05) is 18.6 Å². The molecule has 17 heavy (non-hydrogen) atoms. The fourth-order valence-corrected chi connectivity index (χ4v) is 4.24. The van der Waals surface area contributed by atoms with Crippen LogP contribution < -0.4 is 0 Å². The molecule has 3 fully saturated rings. The van der Waals surface area contributed by atoms with Crippen molar-refractivity contribution in [2.24, 2.45) is 5.92 Å². The van der Waals surface area contributed by atoms with Crippen molar-refractivity contribution in [2.75, 3.05) is 26.2 Å². The summed E-state index contributed by atoms with van der Waals surface area (Å²) in [4.78, 5) is 5.63. The van der Waals surface area contributed by atoms with Gasteiger partial charge in [-0.3, -0.25) is 9.80 Å². The van der Waals surface area contributed by atoms with Gasteiger partial charge in [-0.05, 0) is 64.1 Å². The van der Waals surface area contributed by atoms with E-state index in [0.717, 1.165) is 18.0 Å². The highest BCUT2D eigenvalue weighted by molar-refractivity contribution is 4.88. The molecule has 2 heterocycles. The van der Waals surface area contributed by atoms with Gasteiger partial charge in [-0.1, -0.05) is 13.3 Å². The molecule has 3 atom stereocenters. The molecule has 2 heteroatoms. The lowest BCUT2D eigenvalue weighted by atomic mass is 10.0. The van der Waals surface area contributed by atoms with Gasteiger partial charge >= 0.3 is 0 Å². The van der Waals surface area contributed by atoms with Crippen LogP contribution in [0.3, 0.4) is 0 Å². The quantitative estimate of drug-likeness (QED) is 0.691. The zero-order valence-corrected chi connectivity index (χ0v) is 11.4. The third kappa shape index (κ3) is 2.68. The van der Waals surface area contributed by atoms with Crippen LogP contribution in [-0.2, 0) is 0 Å². The van der Waals surface area contributed by atoms with Gasteiger partial charge in [-0.15, -0.1) is 0 Å². The Hall–Kier alpha value is -0.0800. The number of fused-ring (bicyclic) bond motifs is 1. The SMILES string of the molecule is CC1CCC(N2CCCN3CCCCC3C2)C1. The molecular weight excluding hydrogens is 208 g/mol. The molecule has 0 N–H and O–H groups in total. The summed E-state index contributed by atoms with van der Waals surface area (Å²) in [6.45, 7) is 7.91. The van der Waals surface area contributed by atoms with E-state index < -0.39 is 0 Å². The molecule has 3 unspecified atom stereocenters. The molecule has 0 amide bonds. The van der Waals surface area contributed by atoms with Crippen LogP contribution in [0.25, 0.3) is 0 Å². The van der Waals surface area contributed by atoms with Crippen molar-refractivity contribution >= 4 is 0 Å². The second-order valence-electron chi connectivity index (χ2n) is 6.61. The molecule has 0 aromatic rings. The van der Waals surface area contributed by atoms with Crippen molar-refractivity contribution in [1.29, 1.82) is 0 Å². The zero-order chi connectivity index (χ0) is 11.7. The van der Waals surface area contributed by atoms with Crippen molar-refractivity contribution in [3.05, 3.63) is 0 Å². The third-order valence-corrected chi connectivity index (χ3v) is 5.27. The Kier molecular flexibility index (Phi) is 3.72. The Morgan fingerprint density at radius 2 is 1.59 bits per heavy atom. The second-order valence-corrected chi connectivity index (χ2v) is 6.61. The maximum atomic E-state index is 2.85. The number of hydrogen-bond acceptors (Lipinski definition) is 2. The lowest BCUT2D eigenvalue weighted by Crippen LogP contribution is -2.46. The molecule has 2 saturated heterocycles. The molecule has 0 spiro atoms. The van der Waals surface area contributed by atoms with Gasteiger partial charge in [0.1, 0.15) is 0 Å². The molecule has 2 aliphatic heterocycles. The van der Waals surface area contributed by atoms with Gasteiger partial charge in [0.2, 0.25) is 0 Å². The highest BCUT2D eigenvalue weighted by Crippen LogP contribution is 2.31. The van der Waals surface area contributed by atoms with Gasteiger partial charge in [0.25, 0.3) is 0 Å². The van der Waals surface area contributed by atoms with Crippen LogP contribution in [0.1, 0.15) is 51.9 Å². The molecule has 2 nitrogen and oxygen atoms in total. The first-order valence-corrected chi connectivity index (χ1v) is 7.81. The summed E-state index contributed by atoms with van der Waals surface area (Å²) < 4.78 is 0. The largest absolute Gasteiger partial charge is 0.299 e. The zero-order valence-electron chi connectivity index (χ0n) is 11.4. The highest BCUT2D eigenvalue weighted by Gasteiger charge is 2.32. The smallest absolute Gasteiger partial charge is 0.0223 e. The Bertz CT molecular complexity index is 253. The van der Waals surface area contributed by atoms with Gasteiger partial charge in [0.15, 0.2) is 0 Å². The van der Waals surface area contributed by atoms with Crippen molar-refractivity contribution in [1.82, 2.24) is 9.80 Å². The van der Waals surface area contributed by atoms with Gasteiger partial charge < -0.3 is 0 Å². The van der Waals surface area contributed by atoms with Crippen LogP contribution in [0, 0.1) is 5.92 Å². The minimum Gasteiger partial charge on any atom is -0.299 e. The fourth-order valence-electron chi connectivity index (χ4n) is 4.24. The minimum atomic E-state index is 0.891. The molecule has 1 aliphatic carbocycles. The van der Waals surface area contributed by atoms with E-state index in [-0.39, 0.29) is 0 Å². The molecule has 3 rings (SSSR count). The Labute approximate surface area is 106 Å². The lowest BCUT2D eigenvalue weighted by molar-refractivity contribution is 0.119. The average molecular weight is 236 g/mol. The normalized spacial score (nSPS) is 41.1. The molecule has 0 bridgehead atoms. The van der Waals surface area contributed by atoms with Crippen molar-refractivity contribution in [3.63, 3.8) is 0 Å². The van der Waals surface area contributed by atoms with Crippen LogP contribution in [0.5, 0.6) is 0 Å². The Morgan fingerprint density at radius 3 is 2.41 bits per heavy atom. The van der Waals surface area contributed by atoms with Crippen LogP contribution in [-0.4, -0.2) is 48.1 Å². The standard InChI is InChI=1S/C15H28N2/c1-13-6-7-14(11-13)17-10-4-9-16-8-3-2-5-15(16)12-17/h13-15H,2-12H2,1H3. The van der Waals surface area contributed by atoms with E-state index >= 15 is 0 Å². The van der Waals surface area contributed by atoms with Crippen LogP contribution >= 0.6 is 0 Å². The van der Waals surface area contributed by atoms with E-state index in [0.29, 0.717) is 0 Å². The predicted octanol–water partition coefficient (Wildman–Crippen LogP) is 2.74. The Balaban J connectivity index is 1.62. The van der Waals surface area contributed by atoms with E-state index in [1.54, 1.807) is 0 Å². The maximum absolute atomic E-state index is 2.85. The fraction of sp³-hybridized carbons (Fsp3) is 1.00. The molecule has 3 aliphatic rings. The summed E-state index contributed by atoms with van der Waals surface area (Å²) in [6.07, 6.45) is 10.2. The van der Waals surface area contributed by atoms with E-state index in [4.69, 9.17) is 0 Å². The predicted molar refractivity (Wildman–Crippen MR) is 72.2 cm³/mol. The van der Waals surface area contributed by atoms with E-state index in [9.17, 15) is 0 Å². The van der Waals surface area contributed by atoms with Crippen molar-refractivity contribution < 1.29 is 0 Å². The number of rotatable bonds is 1. The number of hydrogen-bond donors (Lipinski definition) is 0. The maximum Gasteiger partial charge on any atom is 0.0223 e. The highest BCUT2D eigenvalue weighted by atomic mass is 15.3. The minimum absolute atomic E-state index is 0.891. The average Bonchev–Trinajstić information content (AvgIpc) is 2.65. The molecule has 0 aromatic carbocycles. The molecular formula is C15H28N2. The van der Waals surface area contributed by atoms with Gasteiger partial charge in [0.05, 0.1) is 0 Å².